The monoisotopic (exact) mass is 325 g/mol. The van der Waals surface area contributed by atoms with E-state index in [9.17, 15) is 4.39 Å². The van der Waals surface area contributed by atoms with Crippen molar-refractivity contribution in [1.82, 2.24) is 15.1 Å². The molecular weight excluding hydrogens is 309 g/mol. The highest BCUT2D eigenvalue weighted by Gasteiger charge is 2.16. The van der Waals surface area contributed by atoms with E-state index < -0.39 is 0 Å². The van der Waals surface area contributed by atoms with Crippen LogP contribution >= 0.6 is 15.9 Å². The Morgan fingerprint density at radius 2 is 2.21 bits per heavy atom. The van der Waals surface area contributed by atoms with Crippen molar-refractivity contribution in [3.8, 4) is 0 Å². The van der Waals surface area contributed by atoms with E-state index in [4.69, 9.17) is 0 Å². The normalized spacial score (nSPS) is 12.6. The Kier molecular flexibility index (Phi) is 4.71. The number of nitrogens with zero attached hydrogens (tertiary/aromatic N) is 2. The van der Waals surface area contributed by atoms with Crippen LogP contribution in [0.3, 0.4) is 0 Å². The summed E-state index contributed by atoms with van der Waals surface area (Å²) in [6.45, 7) is 3.02. The minimum Gasteiger partial charge on any atom is -0.306 e. The number of halogens is 2. The van der Waals surface area contributed by atoms with Gasteiger partial charge in [0.1, 0.15) is 5.82 Å². The zero-order chi connectivity index (χ0) is 13.8. The molecule has 0 amide bonds. The molecule has 0 aliphatic heterocycles. The first kappa shape index (κ1) is 14.2. The second-order valence-electron chi connectivity index (χ2n) is 4.51. The average Bonchev–Trinajstić information content (AvgIpc) is 2.80. The molecule has 3 nitrogen and oxygen atoms in total. The largest absolute Gasteiger partial charge is 0.306 e. The maximum absolute atomic E-state index is 13.3. The van der Waals surface area contributed by atoms with Gasteiger partial charge in [0, 0.05) is 18.8 Å². The van der Waals surface area contributed by atoms with Gasteiger partial charge in [0.2, 0.25) is 0 Å². The lowest BCUT2D eigenvalue weighted by atomic mass is 10.0. The van der Waals surface area contributed by atoms with Crippen LogP contribution in [0.4, 0.5) is 4.39 Å². The summed E-state index contributed by atoms with van der Waals surface area (Å²) in [5, 5.41) is 7.67. The molecule has 5 heteroatoms. The number of hydrogen-bond donors (Lipinski definition) is 1. The van der Waals surface area contributed by atoms with Crippen LogP contribution in [0.2, 0.25) is 0 Å². The third-order valence-corrected chi connectivity index (χ3v) is 3.54. The van der Waals surface area contributed by atoms with Crippen molar-refractivity contribution in [2.45, 2.75) is 19.4 Å². The fraction of sp³-hybridized carbons (Fsp3) is 0.357. The standard InChI is InChI=1S/C14H17BrFN3/c1-3-6-17-14(11-8-18-19(2)9-11)10-4-5-13(16)12(15)7-10/h4-5,7-9,14,17H,3,6H2,1-2H3. The fourth-order valence-corrected chi connectivity index (χ4v) is 2.39. The minimum absolute atomic E-state index is 0.0329. The van der Waals surface area contributed by atoms with Gasteiger partial charge in [0.05, 0.1) is 16.7 Å². The maximum Gasteiger partial charge on any atom is 0.137 e. The summed E-state index contributed by atoms with van der Waals surface area (Å²) in [5.41, 5.74) is 2.10. The van der Waals surface area contributed by atoms with E-state index in [1.165, 1.54) is 6.07 Å². The molecule has 1 aromatic carbocycles. The van der Waals surface area contributed by atoms with E-state index in [1.807, 2.05) is 25.5 Å². The van der Waals surface area contributed by atoms with E-state index in [-0.39, 0.29) is 11.9 Å². The lowest BCUT2D eigenvalue weighted by Crippen LogP contribution is -2.23. The van der Waals surface area contributed by atoms with Gasteiger partial charge < -0.3 is 5.32 Å². The van der Waals surface area contributed by atoms with Crippen LogP contribution < -0.4 is 5.32 Å². The molecule has 0 aliphatic rings. The molecule has 1 atom stereocenters. The lowest BCUT2D eigenvalue weighted by Gasteiger charge is -2.18. The lowest BCUT2D eigenvalue weighted by molar-refractivity contribution is 0.590. The van der Waals surface area contributed by atoms with Crippen molar-refractivity contribution in [3.63, 3.8) is 0 Å². The number of rotatable bonds is 5. The Labute approximate surface area is 121 Å². The smallest absolute Gasteiger partial charge is 0.137 e. The molecule has 0 aliphatic carbocycles. The summed E-state index contributed by atoms with van der Waals surface area (Å²) >= 11 is 3.24. The highest BCUT2D eigenvalue weighted by molar-refractivity contribution is 9.10. The van der Waals surface area contributed by atoms with Crippen LogP contribution in [-0.4, -0.2) is 16.3 Å². The van der Waals surface area contributed by atoms with Crippen LogP contribution in [0.25, 0.3) is 0 Å². The fourth-order valence-electron chi connectivity index (χ4n) is 2.00. The second kappa shape index (κ2) is 6.30. The van der Waals surface area contributed by atoms with E-state index in [0.29, 0.717) is 4.47 Å². The Morgan fingerprint density at radius 1 is 1.42 bits per heavy atom. The Morgan fingerprint density at radius 3 is 2.79 bits per heavy atom. The summed E-state index contributed by atoms with van der Waals surface area (Å²) in [5.74, 6) is -0.246. The molecule has 1 N–H and O–H groups in total. The van der Waals surface area contributed by atoms with Crippen molar-refractivity contribution in [2.75, 3.05) is 6.54 Å². The number of aryl methyl sites for hydroxylation is 1. The third kappa shape index (κ3) is 3.42. The summed E-state index contributed by atoms with van der Waals surface area (Å²) in [4.78, 5) is 0. The molecule has 0 bridgehead atoms. The topological polar surface area (TPSA) is 29.9 Å². The molecule has 0 radical (unpaired) electrons. The summed E-state index contributed by atoms with van der Waals surface area (Å²) in [6.07, 6.45) is 4.86. The Hall–Kier alpha value is -1.20. The van der Waals surface area contributed by atoms with E-state index in [0.717, 1.165) is 24.1 Å². The SMILES string of the molecule is CCCNC(c1ccc(F)c(Br)c1)c1cnn(C)c1. The number of nitrogens with one attached hydrogen (secondary N) is 1. The van der Waals surface area contributed by atoms with Crippen LogP contribution in [0, 0.1) is 5.82 Å². The van der Waals surface area contributed by atoms with Gasteiger partial charge in [0.15, 0.2) is 0 Å². The Balaban J connectivity index is 2.33. The molecule has 0 spiro atoms. The summed E-state index contributed by atoms with van der Waals surface area (Å²) in [7, 11) is 1.89. The zero-order valence-corrected chi connectivity index (χ0v) is 12.6. The first-order valence-electron chi connectivity index (χ1n) is 6.28. The van der Waals surface area contributed by atoms with Crippen LogP contribution in [0.15, 0.2) is 35.1 Å². The highest BCUT2D eigenvalue weighted by Crippen LogP contribution is 2.26. The maximum atomic E-state index is 13.3. The molecule has 19 heavy (non-hydrogen) atoms. The van der Waals surface area contributed by atoms with Crippen LogP contribution in [-0.2, 0) is 7.05 Å². The number of benzene rings is 1. The highest BCUT2D eigenvalue weighted by atomic mass is 79.9. The minimum atomic E-state index is -0.246. The van der Waals surface area contributed by atoms with Gasteiger partial charge in [-0.05, 0) is 46.6 Å². The molecule has 1 unspecified atom stereocenters. The first-order valence-corrected chi connectivity index (χ1v) is 7.08. The van der Waals surface area contributed by atoms with Crippen LogP contribution in [0.5, 0.6) is 0 Å². The molecule has 0 saturated carbocycles. The Bertz CT molecular complexity index is 553. The molecule has 0 saturated heterocycles. The van der Waals surface area contributed by atoms with Gasteiger partial charge in [-0.2, -0.15) is 5.10 Å². The molecule has 0 fully saturated rings. The molecule has 2 aromatic rings. The second-order valence-corrected chi connectivity index (χ2v) is 5.36. The van der Waals surface area contributed by atoms with E-state index in [2.05, 4.69) is 33.3 Å². The molecule has 2 rings (SSSR count). The van der Waals surface area contributed by atoms with Gasteiger partial charge in [-0.25, -0.2) is 4.39 Å². The van der Waals surface area contributed by atoms with Crippen molar-refractivity contribution in [1.29, 1.82) is 0 Å². The first-order chi connectivity index (χ1) is 9.11. The van der Waals surface area contributed by atoms with Crippen LogP contribution in [0.1, 0.15) is 30.5 Å². The number of hydrogen-bond acceptors (Lipinski definition) is 2. The van der Waals surface area contributed by atoms with Crippen molar-refractivity contribution in [3.05, 3.63) is 52.0 Å². The summed E-state index contributed by atoms with van der Waals surface area (Å²) in [6, 6.07) is 5.14. The van der Waals surface area contributed by atoms with Crippen molar-refractivity contribution < 1.29 is 4.39 Å². The molecular formula is C14H17BrFN3. The van der Waals surface area contributed by atoms with Gasteiger partial charge in [-0.15, -0.1) is 0 Å². The molecule has 1 aromatic heterocycles. The molecule has 1 heterocycles. The quantitative estimate of drug-likeness (QED) is 0.912. The van der Waals surface area contributed by atoms with E-state index >= 15 is 0 Å². The third-order valence-electron chi connectivity index (χ3n) is 2.93. The van der Waals surface area contributed by atoms with Gasteiger partial charge in [-0.3, -0.25) is 4.68 Å². The predicted octanol–water partition coefficient (Wildman–Crippen LogP) is 3.41. The van der Waals surface area contributed by atoms with E-state index in [1.54, 1.807) is 10.7 Å². The zero-order valence-electron chi connectivity index (χ0n) is 11.0. The number of aromatic nitrogens is 2. The average molecular weight is 326 g/mol. The summed E-state index contributed by atoms with van der Waals surface area (Å²) < 4.78 is 15.6. The molecule has 102 valence electrons. The predicted molar refractivity (Wildman–Crippen MR) is 77.4 cm³/mol. The van der Waals surface area contributed by atoms with Gasteiger partial charge in [0.25, 0.3) is 0 Å². The van der Waals surface area contributed by atoms with Gasteiger partial charge >= 0.3 is 0 Å². The van der Waals surface area contributed by atoms with Crippen molar-refractivity contribution in [2.24, 2.45) is 7.05 Å². The van der Waals surface area contributed by atoms with Crippen molar-refractivity contribution >= 4 is 15.9 Å². The van der Waals surface area contributed by atoms with Gasteiger partial charge in [-0.1, -0.05) is 13.0 Å².